The first kappa shape index (κ1) is 20.1. The first-order valence-electron chi connectivity index (χ1n) is 10.2. The summed E-state index contributed by atoms with van der Waals surface area (Å²) in [5.41, 5.74) is 4.15. The number of rotatable bonds is 5. The molecule has 1 aromatic carbocycles. The van der Waals surface area contributed by atoms with Gasteiger partial charge in [-0.1, -0.05) is 13.0 Å². The minimum absolute atomic E-state index is 0.0763. The number of benzene rings is 1. The molecule has 30 heavy (non-hydrogen) atoms. The molecule has 1 N–H and O–H groups in total. The normalized spacial score (nSPS) is 16.6. The van der Waals surface area contributed by atoms with Gasteiger partial charge >= 0.3 is 0 Å². The lowest BCUT2D eigenvalue weighted by atomic mass is 9.81. The molecule has 2 aromatic heterocycles. The Balaban J connectivity index is 1.57. The smallest absolute Gasteiger partial charge is 0.251 e. The third-order valence-electron chi connectivity index (χ3n) is 5.62. The van der Waals surface area contributed by atoms with Gasteiger partial charge in [-0.3, -0.25) is 14.8 Å². The third-order valence-corrected chi connectivity index (χ3v) is 5.62. The SMILES string of the molecule is CCC(NC(=O)c1ccc(F)cc1)c1ccc2c(n1)CCCC2c1cncc(F)c1. The van der Waals surface area contributed by atoms with E-state index in [9.17, 15) is 13.6 Å². The molecule has 2 atom stereocenters. The van der Waals surface area contributed by atoms with Gasteiger partial charge in [0.05, 0.1) is 17.9 Å². The number of amides is 1. The molecule has 0 spiro atoms. The van der Waals surface area contributed by atoms with E-state index >= 15 is 0 Å². The second kappa shape index (κ2) is 8.69. The summed E-state index contributed by atoms with van der Waals surface area (Å²) in [6.07, 6.45) is 6.35. The highest BCUT2D eigenvalue weighted by Crippen LogP contribution is 2.36. The summed E-state index contributed by atoms with van der Waals surface area (Å²) in [4.78, 5) is 21.4. The average Bonchev–Trinajstić information content (AvgIpc) is 2.77. The van der Waals surface area contributed by atoms with Gasteiger partial charge in [0.25, 0.3) is 5.91 Å². The van der Waals surface area contributed by atoms with Gasteiger partial charge in [-0.2, -0.15) is 0 Å². The summed E-state index contributed by atoms with van der Waals surface area (Å²) in [7, 11) is 0. The maximum Gasteiger partial charge on any atom is 0.251 e. The predicted molar refractivity (Wildman–Crippen MR) is 110 cm³/mol. The molecule has 1 amide bonds. The number of pyridine rings is 2. The van der Waals surface area contributed by atoms with Crippen molar-refractivity contribution in [1.82, 2.24) is 15.3 Å². The molecule has 0 saturated heterocycles. The van der Waals surface area contributed by atoms with Gasteiger partial charge in [0.15, 0.2) is 0 Å². The lowest BCUT2D eigenvalue weighted by Crippen LogP contribution is -2.29. The Kier molecular flexibility index (Phi) is 5.84. The molecule has 4 nitrogen and oxygen atoms in total. The first-order valence-corrected chi connectivity index (χ1v) is 10.2. The zero-order chi connectivity index (χ0) is 21.1. The van der Waals surface area contributed by atoms with Crippen LogP contribution in [0.25, 0.3) is 0 Å². The van der Waals surface area contributed by atoms with Gasteiger partial charge in [-0.25, -0.2) is 8.78 Å². The molecule has 1 aliphatic carbocycles. The van der Waals surface area contributed by atoms with Gasteiger partial charge in [-0.05, 0) is 73.2 Å². The van der Waals surface area contributed by atoms with E-state index < -0.39 is 0 Å². The number of nitrogens with one attached hydrogen (secondary N) is 1. The summed E-state index contributed by atoms with van der Waals surface area (Å²) >= 11 is 0. The largest absolute Gasteiger partial charge is 0.344 e. The Morgan fingerprint density at radius 2 is 1.93 bits per heavy atom. The van der Waals surface area contributed by atoms with Gasteiger partial charge in [0, 0.05) is 23.4 Å². The first-order chi connectivity index (χ1) is 14.5. The number of hydrogen-bond acceptors (Lipinski definition) is 3. The highest BCUT2D eigenvalue weighted by Gasteiger charge is 2.25. The molecule has 3 aromatic rings. The van der Waals surface area contributed by atoms with Crippen LogP contribution in [0.4, 0.5) is 8.78 Å². The van der Waals surface area contributed by atoms with Crippen molar-refractivity contribution in [2.75, 3.05) is 0 Å². The topological polar surface area (TPSA) is 54.9 Å². The second-order valence-electron chi connectivity index (χ2n) is 7.59. The fourth-order valence-corrected chi connectivity index (χ4v) is 4.06. The van der Waals surface area contributed by atoms with Crippen LogP contribution in [0.1, 0.15) is 71.0 Å². The average molecular weight is 407 g/mol. The molecule has 4 rings (SSSR count). The molecule has 2 heterocycles. The number of carbonyl (C=O) groups excluding carboxylic acids is 1. The van der Waals surface area contributed by atoms with Crippen molar-refractivity contribution in [3.8, 4) is 0 Å². The van der Waals surface area contributed by atoms with Crippen LogP contribution in [-0.2, 0) is 6.42 Å². The van der Waals surface area contributed by atoms with Crippen molar-refractivity contribution >= 4 is 5.91 Å². The van der Waals surface area contributed by atoms with Crippen LogP contribution in [0.3, 0.4) is 0 Å². The highest BCUT2D eigenvalue weighted by atomic mass is 19.1. The number of hydrogen-bond donors (Lipinski definition) is 1. The predicted octanol–water partition coefficient (Wildman–Crippen LogP) is 5.10. The fourth-order valence-electron chi connectivity index (χ4n) is 4.06. The molecular weight excluding hydrogens is 384 g/mol. The Labute approximate surface area is 174 Å². The van der Waals surface area contributed by atoms with E-state index in [0.717, 1.165) is 41.8 Å². The van der Waals surface area contributed by atoms with Crippen LogP contribution in [-0.4, -0.2) is 15.9 Å². The summed E-state index contributed by atoms with van der Waals surface area (Å²) in [6, 6.07) is 10.7. The molecule has 1 aliphatic rings. The zero-order valence-electron chi connectivity index (χ0n) is 16.7. The molecule has 0 aliphatic heterocycles. The number of aromatic nitrogens is 2. The van der Waals surface area contributed by atoms with Gasteiger partial charge < -0.3 is 5.32 Å². The third kappa shape index (κ3) is 4.22. The van der Waals surface area contributed by atoms with E-state index in [0.29, 0.717) is 12.0 Å². The van der Waals surface area contributed by atoms with Crippen molar-refractivity contribution in [3.63, 3.8) is 0 Å². The second-order valence-corrected chi connectivity index (χ2v) is 7.59. The maximum absolute atomic E-state index is 13.7. The number of fused-ring (bicyclic) bond motifs is 1. The quantitative estimate of drug-likeness (QED) is 0.640. The zero-order valence-corrected chi connectivity index (χ0v) is 16.7. The van der Waals surface area contributed by atoms with E-state index in [1.54, 1.807) is 12.3 Å². The monoisotopic (exact) mass is 407 g/mol. The Morgan fingerprint density at radius 3 is 2.67 bits per heavy atom. The molecule has 0 bridgehead atoms. The van der Waals surface area contributed by atoms with Crippen LogP contribution in [0.5, 0.6) is 0 Å². The van der Waals surface area contributed by atoms with Crippen LogP contribution in [0.15, 0.2) is 54.9 Å². The maximum atomic E-state index is 13.7. The lowest BCUT2D eigenvalue weighted by Gasteiger charge is -2.26. The summed E-state index contributed by atoms with van der Waals surface area (Å²) < 4.78 is 26.8. The number of halogens is 2. The van der Waals surface area contributed by atoms with E-state index in [2.05, 4.69) is 10.3 Å². The standard InChI is InChI=1S/C24H23F2N3O/c1-2-21(29-24(30)15-6-8-17(25)9-7-15)23-11-10-20-19(4-3-5-22(20)28-23)16-12-18(26)14-27-13-16/h6-14,19,21H,2-5H2,1H3,(H,29,30). The molecule has 2 unspecified atom stereocenters. The molecule has 6 heteroatoms. The van der Waals surface area contributed by atoms with E-state index in [1.165, 1.54) is 30.5 Å². The lowest BCUT2D eigenvalue weighted by molar-refractivity contribution is 0.0934. The van der Waals surface area contributed by atoms with Gasteiger partial charge in [-0.15, -0.1) is 0 Å². The molecular formula is C24H23F2N3O. The fraction of sp³-hybridized carbons (Fsp3) is 0.292. The molecule has 0 radical (unpaired) electrons. The van der Waals surface area contributed by atoms with Crippen LogP contribution < -0.4 is 5.32 Å². The summed E-state index contributed by atoms with van der Waals surface area (Å²) in [5, 5.41) is 2.99. The van der Waals surface area contributed by atoms with Gasteiger partial charge in [0.1, 0.15) is 11.6 Å². The molecule has 0 fully saturated rings. The minimum Gasteiger partial charge on any atom is -0.344 e. The summed E-state index contributed by atoms with van der Waals surface area (Å²) in [6.45, 7) is 1.98. The van der Waals surface area contributed by atoms with E-state index in [-0.39, 0.29) is 29.5 Å². The number of nitrogens with zero attached hydrogens (tertiary/aromatic N) is 2. The molecule has 154 valence electrons. The van der Waals surface area contributed by atoms with Crippen molar-refractivity contribution in [2.24, 2.45) is 0 Å². The van der Waals surface area contributed by atoms with E-state index in [1.807, 2.05) is 19.1 Å². The van der Waals surface area contributed by atoms with Gasteiger partial charge in [0.2, 0.25) is 0 Å². The van der Waals surface area contributed by atoms with Crippen molar-refractivity contribution in [2.45, 2.75) is 44.6 Å². The van der Waals surface area contributed by atoms with Crippen molar-refractivity contribution in [1.29, 1.82) is 0 Å². The Bertz CT molecular complexity index is 1050. The highest BCUT2D eigenvalue weighted by molar-refractivity contribution is 5.94. The Hall–Kier alpha value is -3.15. The van der Waals surface area contributed by atoms with Crippen molar-refractivity contribution in [3.05, 3.63) is 94.6 Å². The Morgan fingerprint density at radius 1 is 1.13 bits per heavy atom. The van der Waals surface area contributed by atoms with E-state index in [4.69, 9.17) is 4.98 Å². The van der Waals surface area contributed by atoms with Crippen LogP contribution in [0, 0.1) is 11.6 Å². The van der Waals surface area contributed by atoms with Crippen molar-refractivity contribution < 1.29 is 13.6 Å². The van der Waals surface area contributed by atoms with Crippen LogP contribution >= 0.6 is 0 Å². The minimum atomic E-state index is -0.377. The number of aryl methyl sites for hydroxylation is 1. The van der Waals surface area contributed by atoms with Crippen LogP contribution in [0.2, 0.25) is 0 Å². The summed E-state index contributed by atoms with van der Waals surface area (Å²) in [5.74, 6) is -0.894. The number of carbonyl (C=O) groups is 1. The molecule has 0 saturated carbocycles.